The fraction of sp³-hybridized carbons (Fsp3) is 0.719. The van der Waals surface area contributed by atoms with E-state index in [1.54, 1.807) is 38.1 Å². The van der Waals surface area contributed by atoms with E-state index in [-0.39, 0.29) is 11.3 Å². The van der Waals surface area contributed by atoms with E-state index in [4.69, 9.17) is 5.73 Å². The van der Waals surface area contributed by atoms with E-state index in [9.17, 15) is 19.5 Å². The summed E-state index contributed by atoms with van der Waals surface area (Å²) in [7, 11) is 0. The molecule has 2 saturated heterocycles. The Morgan fingerprint density at radius 1 is 0.951 bits per heavy atom. The van der Waals surface area contributed by atoms with E-state index in [1.807, 2.05) is 6.07 Å². The molecule has 3 rings (SSSR count). The summed E-state index contributed by atoms with van der Waals surface area (Å²) >= 11 is 1.38. The lowest BCUT2D eigenvalue weighted by Crippen LogP contribution is -2.71. The zero-order chi connectivity index (χ0) is 30.6. The molecule has 1 aromatic carbocycles. The van der Waals surface area contributed by atoms with E-state index in [1.165, 1.54) is 98.7 Å². The van der Waals surface area contributed by atoms with Gasteiger partial charge in [-0.1, -0.05) is 83.7 Å². The van der Waals surface area contributed by atoms with Gasteiger partial charge in [0.2, 0.25) is 11.8 Å². The van der Waals surface area contributed by atoms with Crippen molar-refractivity contribution in [1.82, 2.24) is 10.2 Å². The SMILES string of the molecule is CC1(C)S[C@@H]2[C@H](NC(=O)[C@H](N)c3ccccc3)C(=O)N2[C@H]1C(=O)O.CCCC[N+](CCCC)(CCCC)CCCC. The van der Waals surface area contributed by atoms with Gasteiger partial charge in [-0.25, -0.2) is 4.79 Å². The van der Waals surface area contributed by atoms with Crippen LogP contribution >= 0.6 is 11.8 Å². The lowest BCUT2D eigenvalue weighted by atomic mass is 9.95. The summed E-state index contributed by atoms with van der Waals surface area (Å²) in [5.41, 5.74) is 6.59. The van der Waals surface area contributed by atoms with Crippen molar-refractivity contribution in [1.29, 1.82) is 0 Å². The molecule has 232 valence electrons. The predicted octanol–water partition coefficient (Wildman–Crippen LogP) is 5.32. The number of carboxylic acid groups (broad SMARTS) is 1. The number of carbonyl (C=O) groups excluding carboxylic acids is 2. The maximum atomic E-state index is 12.3. The third-order valence-corrected chi connectivity index (χ3v) is 9.93. The number of benzene rings is 1. The Hall–Kier alpha value is -2.10. The highest BCUT2D eigenvalue weighted by atomic mass is 32.2. The average Bonchev–Trinajstić information content (AvgIpc) is 3.23. The Bertz CT molecular complexity index is 936. The number of nitrogens with zero attached hydrogens (tertiary/aromatic N) is 2. The number of unbranched alkanes of at least 4 members (excludes halogenated alkanes) is 4. The van der Waals surface area contributed by atoms with Gasteiger partial charge in [-0.3, -0.25) is 9.59 Å². The average molecular weight is 592 g/mol. The van der Waals surface area contributed by atoms with Gasteiger partial charge in [-0.05, 0) is 45.1 Å². The van der Waals surface area contributed by atoms with Crippen molar-refractivity contribution < 1.29 is 24.0 Å². The summed E-state index contributed by atoms with van der Waals surface area (Å²) in [5, 5.41) is 11.7. The van der Waals surface area contributed by atoms with Crippen LogP contribution in [-0.2, 0) is 14.4 Å². The molecule has 0 unspecified atom stereocenters. The Morgan fingerprint density at radius 3 is 1.83 bits per heavy atom. The summed E-state index contributed by atoms with van der Waals surface area (Å²) < 4.78 is 0.802. The number of rotatable bonds is 16. The minimum absolute atomic E-state index is 0.375. The Morgan fingerprint density at radius 2 is 1.41 bits per heavy atom. The van der Waals surface area contributed by atoms with Crippen molar-refractivity contribution in [3.8, 4) is 0 Å². The molecule has 0 bridgehead atoms. The standard InChI is InChI=1S/C16H19N3O4S.C16H36N/c1-16(2)11(15(22)23)19-13(21)10(14(19)24-16)18-12(20)9(17)8-6-4-3-5-7-8;1-5-9-13-17(14-10-6-2,15-11-7-3)16-12-8-4/h3-7,9-11,14H,17H2,1-2H3,(H,18,20)(H,22,23);5-16H2,1-4H3/q;+1/t9-,10-,11+,14-;/m1./s1. The summed E-state index contributed by atoms with van der Waals surface area (Å²) in [6.07, 6.45) is 11.1. The number of nitrogens with one attached hydrogen (secondary N) is 1. The lowest BCUT2D eigenvalue weighted by molar-refractivity contribution is -0.929. The van der Waals surface area contributed by atoms with Crippen molar-refractivity contribution in [2.24, 2.45) is 5.73 Å². The Kier molecular flexibility index (Phi) is 14.1. The molecule has 2 aliphatic rings. The first-order valence-corrected chi connectivity index (χ1v) is 16.5. The highest BCUT2D eigenvalue weighted by Crippen LogP contribution is 2.50. The molecule has 9 heteroatoms. The molecule has 41 heavy (non-hydrogen) atoms. The van der Waals surface area contributed by atoms with Gasteiger partial charge in [-0.2, -0.15) is 0 Å². The maximum Gasteiger partial charge on any atom is 0.327 e. The molecule has 2 aliphatic heterocycles. The molecule has 2 heterocycles. The monoisotopic (exact) mass is 591 g/mol. The number of amides is 2. The minimum atomic E-state index is -1.03. The van der Waals surface area contributed by atoms with Gasteiger partial charge in [0.15, 0.2) is 0 Å². The molecule has 0 aliphatic carbocycles. The Balaban J connectivity index is 0.000000307. The van der Waals surface area contributed by atoms with Gasteiger partial charge in [-0.15, -0.1) is 11.8 Å². The highest BCUT2D eigenvalue weighted by Gasteiger charge is 2.64. The molecule has 0 spiro atoms. The zero-order valence-corrected chi connectivity index (χ0v) is 27.0. The Labute approximate surface area is 252 Å². The van der Waals surface area contributed by atoms with Crippen molar-refractivity contribution in [2.75, 3.05) is 26.2 Å². The molecule has 8 nitrogen and oxygen atoms in total. The van der Waals surface area contributed by atoms with Crippen molar-refractivity contribution in [3.05, 3.63) is 35.9 Å². The van der Waals surface area contributed by atoms with Crippen LogP contribution in [0.15, 0.2) is 30.3 Å². The number of carbonyl (C=O) groups is 3. The largest absolute Gasteiger partial charge is 0.480 e. The number of hydrogen-bond donors (Lipinski definition) is 3. The van der Waals surface area contributed by atoms with Crippen molar-refractivity contribution >= 4 is 29.5 Å². The van der Waals surface area contributed by atoms with Gasteiger partial charge in [0, 0.05) is 4.75 Å². The predicted molar refractivity (Wildman–Crippen MR) is 168 cm³/mol. The first-order chi connectivity index (χ1) is 19.5. The van der Waals surface area contributed by atoms with Crippen molar-refractivity contribution in [2.45, 2.75) is 121 Å². The molecule has 2 amide bonds. The van der Waals surface area contributed by atoms with Crippen LogP contribution in [-0.4, -0.2) is 80.7 Å². The first-order valence-electron chi connectivity index (χ1n) is 15.7. The van der Waals surface area contributed by atoms with Crippen LogP contribution < -0.4 is 11.1 Å². The second kappa shape index (κ2) is 16.5. The smallest absolute Gasteiger partial charge is 0.327 e. The second-order valence-corrected chi connectivity index (χ2v) is 13.9. The topological polar surface area (TPSA) is 113 Å². The summed E-state index contributed by atoms with van der Waals surface area (Å²) in [5.74, 6) is -1.86. The van der Waals surface area contributed by atoms with Gasteiger partial charge in [0.1, 0.15) is 23.5 Å². The fourth-order valence-electron chi connectivity index (χ4n) is 5.85. The fourth-order valence-corrected chi connectivity index (χ4v) is 7.47. The molecule has 2 fully saturated rings. The molecule has 4 N–H and O–H groups in total. The van der Waals surface area contributed by atoms with Crippen LogP contribution in [0.5, 0.6) is 0 Å². The van der Waals surface area contributed by atoms with Crippen molar-refractivity contribution in [3.63, 3.8) is 0 Å². The summed E-state index contributed by atoms with van der Waals surface area (Å²) in [6.45, 7) is 18.6. The highest BCUT2D eigenvalue weighted by molar-refractivity contribution is 8.01. The molecule has 0 saturated carbocycles. The van der Waals surface area contributed by atoms with Crippen LogP contribution in [0.1, 0.15) is 105 Å². The van der Waals surface area contributed by atoms with E-state index in [2.05, 4.69) is 33.0 Å². The number of hydrogen-bond acceptors (Lipinski definition) is 5. The van der Waals surface area contributed by atoms with Gasteiger partial charge >= 0.3 is 5.97 Å². The third-order valence-electron chi connectivity index (χ3n) is 8.36. The number of fused-ring (bicyclic) bond motifs is 1. The van der Waals surface area contributed by atoms with E-state index >= 15 is 0 Å². The van der Waals surface area contributed by atoms with Crippen LogP contribution in [0.4, 0.5) is 0 Å². The third kappa shape index (κ3) is 9.19. The van der Waals surface area contributed by atoms with Crippen LogP contribution in [0.3, 0.4) is 0 Å². The number of β-lactam (4-membered cyclic amide) rings is 1. The quantitative estimate of drug-likeness (QED) is 0.177. The zero-order valence-electron chi connectivity index (χ0n) is 26.2. The number of aliphatic carboxylic acids is 1. The van der Waals surface area contributed by atoms with E-state index in [0.717, 1.165) is 0 Å². The second-order valence-electron chi connectivity index (χ2n) is 12.1. The summed E-state index contributed by atoms with van der Waals surface area (Å²) in [6, 6.07) is 6.38. The molecule has 0 aromatic heterocycles. The van der Waals surface area contributed by atoms with Gasteiger partial charge < -0.3 is 25.5 Å². The molecule has 1 aromatic rings. The van der Waals surface area contributed by atoms with Crippen LogP contribution in [0.2, 0.25) is 0 Å². The number of quaternary nitrogens is 1. The van der Waals surface area contributed by atoms with E-state index < -0.39 is 34.7 Å². The molecular weight excluding hydrogens is 536 g/mol. The van der Waals surface area contributed by atoms with Gasteiger partial charge in [0.05, 0.1) is 26.2 Å². The first kappa shape index (κ1) is 35.1. The van der Waals surface area contributed by atoms with Crippen LogP contribution in [0, 0.1) is 0 Å². The lowest BCUT2D eigenvalue weighted by Gasteiger charge is -2.43. The van der Waals surface area contributed by atoms with E-state index in [0.29, 0.717) is 5.56 Å². The van der Waals surface area contributed by atoms with Crippen LogP contribution in [0.25, 0.3) is 0 Å². The number of nitrogens with two attached hydrogens (primary N) is 1. The number of thioether (sulfide) groups is 1. The normalized spacial score (nSPS) is 21.8. The number of carboxylic acids is 1. The van der Waals surface area contributed by atoms with Gasteiger partial charge in [0.25, 0.3) is 0 Å². The molecular formula is C32H55N4O4S+. The maximum absolute atomic E-state index is 12.3. The molecule has 4 atom stereocenters. The molecule has 0 radical (unpaired) electrons. The minimum Gasteiger partial charge on any atom is -0.480 e. The summed E-state index contributed by atoms with van der Waals surface area (Å²) in [4.78, 5) is 37.5.